The molecule has 28 heavy (non-hydrogen) atoms. The standard InChI is InChI=1S/C21H22N4OS2/c1-14-7-5-8-15(2)19(14)22-20-23-24-21(28-20)27-13-18(26)25-12-6-10-16-9-3-4-11-17(16)25/h3-5,7-9,11H,6,10,12-13H2,1-2H3,(H,22,23). The lowest BCUT2D eigenvalue weighted by Crippen LogP contribution is -2.36. The van der Waals surface area contributed by atoms with Gasteiger partial charge in [0.15, 0.2) is 4.34 Å². The largest absolute Gasteiger partial charge is 0.330 e. The third kappa shape index (κ3) is 4.05. The van der Waals surface area contributed by atoms with Crippen LogP contribution in [0.3, 0.4) is 0 Å². The van der Waals surface area contributed by atoms with Gasteiger partial charge in [-0.15, -0.1) is 10.2 Å². The average Bonchev–Trinajstić information content (AvgIpc) is 3.16. The summed E-state index contributed by atoms with van der Waals surface area (Å²) in [5, 5.41) is 12.6. The van der Waals surface area contributed by atoms with Gasteiger partial charge in [-0.05, 0) is 49.4 Å². The Bertz CT molecular complexity index is 981. The summed E-state index contributed by atoms with van der Waals surface area (Å²) < 4.78 is 0.799. The van der Waals surface area contributed by atoms with Crippen LogP contribution in [-0.2, 0) is 11.2 Å². The number of nitrogens with zero attached hydrogens (tertiary/aromatic N) is 3. The van der Waals surface area contributed by atoms with E-state index in [1.807, 2.05) is 29.2 Å². The zero-order valence-corrected chi connectivity index (χ0v) is 17.6. The van der Waals surface area contributed by atoms with Crippen molar-refractivity contribution in [3.8, 4) is 0 Å². The second kappa shape index (κ2) is 8.32. The third-order valence-corrected chi connectivity index (χ3v) is 6.81. The summed E-state index contributed by atoms with van der Waals surface area (Å²) in [4.78, 5) is 14.7. The Balaban J connectivity index is 1.39. The number of amides is 1. The first kappa shape index (κ1) is 19.0. The fourth-order valence-electron chi connectivity index (χ4n) is 3.43. The van der Waals surface area contributed by atoms with E-state index in [4.69, 9.17) is 0 Å². The van der Waals surface area contributed by atoms with Gasteiger partial charge in [0.05, 0.1) is 5.75 Å². The van der Waals surface area contributed by atoms with E-state index in [-0.39, 0.29) is 5.91 Å². The fourth-order valence-corrected chi connectivity index (χ4v) is 5.06. The minimum Gasteiger partial charge on any atom is -0.330 e. The van der Waals surface area contributed by atoms with E-state index in [0.29, 0.717) is 5.75 Å². The van der Waals surface area contributed by atoms with Gasteiger partial charge in [0.2, 0.25) is 11.0 Å². The first-order chi connectivity index (χ1) is 13.6. The number of rotatable bonds is 5. The van der Waals surface area contributed by atoms with Gasteiger partial charge in [0, 0.05) is 17.9 Å². The van der Waals surface area contributed by atoms with Gasteiger partial charge in [-0.25, -0.2) is 0 Å². The number of nitrogens with one attached hydrogen (secondary N) is 1. The van der Waals surface area contributed by atoms with Crippen LogP contribution >= 0.6 is 23.1 Å². The van der Waals surface area contributed by atoms with Crippen LogP contribution < -0.4 is 10.2 Å². The van der Waals surface area contributed by atoms with Gasteiger partial charge < -0.3 is 10.2 Å². The third-order valence-electron chi connectivity index (χ3n) is 4.85. The summed E-state index contributed by atoms with van der Waals surface area (Å²) in [6.45, 7) is 4.92. The molecule has 7 heteroatoms. The molecular formula is C21H22N4OS2. The predicted octanol–water partition coefficient (Wildman–Crippen LogP) is 4.97. The number of aryl methyl sites for hydroxylation is 3. The summed E-state index contributed by atoms with van der Waals surface area (Å²) in [6, 6.07) is 14.4. The Morgan fingerprint density at radius 2 is 1.93 bits per heavy atom. The molecular weight excluding hydrogens is 388 g/mol. The SMILES string of the molecule is Cc1cccc(C)c1Nc1nnc(SCC(=O)N2CCCc3ccccc32)s1. The molecule has 0 fully saturated rings. The average molecular weight is 411 g/mol. The summed E-state index contributed by atoms with van der Waals surface area (Å²) in [6.07, 6.45) is 2.05. The Morgan fingerprint density at radius 3 is 2.75 bits per heavy atom. The van der Waals surface area contributed by atoms with Crippen LogP contribution in [-0.4, -0.2) is 28.4 Å². The fraction of sp³-hybridized carbons (Fsp3) is 0.286. The van der Waals surface area contributed by atoms with Gasteiger partial charge in [0.25, 0.3) is 0 Å². The second-order valence-electron chi connectivity index (χ2n) is 6.83. The lowest BCUT2D eigenvalue weighted by Gasteiger charge is -2.29. The highest BCUT2D eigenvalue weighted by Gasteiger charge is 2.22. The molecule has 1 amide bonds. The molecule has 2 aromatic carbocycles. The number of hydrogen-bond acceptors (Lipinski definition) is 6. The van der Waals surface area contributed by atoms with Crippen molar-refractivity contribution in [3.05, 3.63) is 59.2 Å². The molecule has 144 valence electrons. The molecule has 5 nitrogen and oxygen atoms in total. The molecule has 0 saturated carbocycles. The minimum absolute atomic E-state index is 0.122. The first-order valence-electron chi connectivity index (χ1n) is 9.29. The Hall–Kier alpha value is -2.38. The van der Waals surface area contributed by atoms with E-state index in [0.717, 1.165) is 40.2 Å². The Labute approximate surface area is 173 Å². The Kier molecular flexibility index (Phi) is 5.64. The molecule has 1 aliphatic heterocycles. The van der Waals surface area contributed by atoms with Crippen molar-refractivity contribution in [3.63, 3.8) is 0 Å². The summed E-state index contributed by atoms with van der Waals surface area (Å²) in [5.41, 5.74) is 5.71. The smallest absolute Gasteiger partial charge is 0.237 e. The summed E-state index contributed by atoms with van der Waals surface area (Å²) in [5.74, 6) is 0.489. The molecule has 3 aromatic rings. The van der Waals surface area contributed by atoms with Gasteiger partial charge in [-0.3, -0.25) is 4.79 Å². The van der Waals surface area contributed by atoms with Crippen LogP contribution in [0.15, 0.2) is 46.8 Å². The van der Waals surface area contributed by atoms with Crippen LogP contribution in [0.4, 0.5) is 16.5 Å². The molecule has 1 aromatic heterocycles. The minimum atomic E-state index is 0.122. The normalized spacial score (nSPS) is 13.3. The number of aromatic nitrogens is 2. The topological polar surface area (TPSA) is 58.1 Å². The summed E-state index contributed by atoms with van der Waals surface area (Å²) in [7, 11) is 0. The number of benzene rings is 2. The Morgan fingerprint density at radius 1 is 1.14 bits per heavy atom. The van der Waals surface area contributed by atoms with Crippen molar-refractivity contribution in [2.45, 2.75) is 31.0 Å². The number of hydrogen-bond donors (Lipinski definition) is 1. The van der Waals surface area contributed by atoms with E-state index in [2.05, 4.69) is 47.6 Å². The van der Waals surface area contributed by atoms with Crippen LogP contribution in [0.2, 0.25) is 0 Å². The molecule has 0 unspecified atom stereocenters. The molecule has 4 rings (SSSR count). The number of carbonyl (C=O) groups is 1. The molecule has 0 spiro atoms. The van der Waals surface area contributed by atoms with E-state index in [1.54, 1.807) is 0 Å². The number of thioether (sulfide) groups is 1. The van der Waals surface area contributed by atoms with Crippen LogP contribution in [0.25, 0.3) is 0 Å². The highest BCUT2D eigenvalue weighted by Crippen LogP contribution is 2.32. The summed E-state index contributed by atoms with van der Waals surface area (Å²) >= 11 is 2.93. The quantitative estimate of drug-likeness (QED) is 0.602. The number of fused-ring (bicyclic) bond motifs is 1. The molecule has 1 aliphatic rings. The van der Waals surface area contributed by atoms with Gasteiger partial charge in [-0.2, -0.15) is 0 Å². The van der Waals surface area contributed by atoms with Crippen molar-refractivity contribution in [2.75, 3.05) is 22.5 Å². The van der Waals surface area contributed by atoms with Crippen LogP contribution in [0.5, 0.6) is 0 Å². The molecule has 0 bridgehead atoms. The highest BCUT2D eigenvalue weighted by atomic mass is 32.2. The molecule has 0 atom stereocenters. The highest BCUT2D eigenvalue weighted by molar-refractivity contribution is 8.01. The maximum Gasteiger partial charge on any atom is 0.237 e. The second-order valence-corrected chi connectivity index (χ2v) is 9.03. The molecule has 2 heterocycles. The van der Waals surface area contributed by atoms with E-state index in [1.165, 1.54) is 39.8 Å². The number of carbonyl (C=O) groups excluding carboxylic acids is 1. The molecule has 1 N–H and O–H groups in total. The van der Waals surface area contributed by atoms with Crippen molar-refractivity contribution >= 4 is 45.5 Å². The van der Waals surface area contributed by atoms with Gasteiger partial charge >= 0.3 is 0 Å². The van der Waals surface area contributed by atoms with Crippen molar-refractivity contribution in [2.24, 2.45) is 0 Å². The maximum atomic E-state index is 12.8. The van der Waals surface area contributed by atoms with Crippen molar-refractivity contribution in [1.29, 1.82) is 0 Å². The lowest BCUT2D eigenvalue weighted by molar-refractivity contribution is -0.116. The molecule has 0 radical (unpaired) electrons. The zero-order valence-electron chi connectivity index (χ0n) is 15.9. The maximum absolute atomic E-state index is 12.8. The monoisotopic (exact) mass is 410 g/mol. The number of para-hydroxylation sites is 2. The van der Waals surface area contributed by atoms with Crippen molar-refractivity contribution < 1.29 is 4.79 Å². The van der Waals surface area contributed by atoms with E-state index in [9.17, 15) is 4.79 Å². The van der Waals surface area contributed by atoms with E-state index < -0.39 is 0 Å². The van der Waals surface area contributed by atoms with Crippen LogP contribution in [0, 0.1) is 13.8 Å². The van der Waals surface area contributed by atoms with Gasteiger partial charge in [0.1, 0.15) is 0 Å². The number of anilines is 3. The van der Waals surface area contributed by atoms with Gasteiger partial charge in [-0.1, -0.05) is 59.5 Å². The predicted molar refractivity (Wildman–Crippen MR) is 117 cm³/mol. The van der Waals surface area contributed by atoms with E-state index >= 15 is 0 Å². The lowest BCUT2D eigenvalue weighted by atomic mass is 10.0. The van der Waals surface area contributed by atoms with Crippen LogP contribution in [0.1, 0.15) is 23.1 Å². The first-order valence-corrected chi connectivity index (χ1v) is 11.1. The van der Waals surface area contributed by atoms with Crippen molar-refractivity contribution in [1.82, 2.24) is 10.2 Å². The zero-order chi connectivity index (χ0) is 19.5. The molecule has 0 aliphatic carbocycles. The molecule has 0 saturated heterocycles.